The van der Waals surface area contributed by atoms with E-state index in [1.165, 1.54) is 19.1 Å². The first kappa shape index (κ1) is 18.1. The summed E-state index contributed by atoms with van der Waals surface area (Å²) in [5.74, 6) is 0. The number of hydrogen-bond acceptors (Lipinski definition) is 8. The van der Waals surface area contributed by atoms with E-state index in [-0.39, 0.29) is 15.7 Å². The number of fused-ring (bicyclic) bond motifs is 1. The molecule has 0 aromatic heterocycles. The van der Waals surface area contributed by atoms with Crippen molar-refractivity contribution < 1.29 is 40.6 Å². The molecule has 12 heteroatoms. The summed E-state index contributed by atoms with van der Waals surface area (Å²) in [4.78, 5) is -1.13. The molecule has 2 aromatic rings. The van der Waals surface area contributed by atoms with Gasteiger partial charge in [-0.1, -0.05) is 5.04 Å². The Labute approximate surface area is 135 Å². The summed E-state index contributed by atoms with van der Waals surface area (Å²) in [6.45, 7) is 1.49. The molecule has 0 atom stereocenters. The van der Waals surface area contributed by atoms with Crippen LogP contribution in [0.2, 0.25) is 0 Å². The van der Waals surface area contributed by atoms with Crippen LogP contribution < -0.4 is 0 Å². The van der Waals surface area contributed by atoms with Gasteiger partial charge in [-0.2, -0.15) is 16.8 Å². The zero-order chi connectivity index (χ0) is 17.4. The van der Waals surface area contributed by atoms with Gasteiger partial charge in [0.15, 0.2) is 0 Å². The van der Waals surface area contributed by atoms with Gasteiger partial charge in [0.25, 0.3) is 20.2 Å². The van der Waals surface area contributed by atoms with Crippen LogP contribution in [0.15, 0.2) is 39.0 Å². The van der Waals surface area contributed by atoms with Gasteiger partial charge in [-0.15, -0.1) is 4.33 Å². The van der Waals surface area contributed by atoms with E-state index >= 15 is 0 Å². The molecule has 0 bridgehead atoms. The van der Waals surface area contributed by atoms with Crippen LogP contribution in [-0.4, -0.2) is 31.2 Å². The van der Waals surface area contributed by atoms with Crippen molar-refractivity contribution in [3.05, 3.63) is 29.8 Å². The number of benzene rings is 2. The second-order valence-electron chi connectivity index (χ2n) is 4.46. The maximum atomic E-state index is 11.6. The topological polar surface area (TPSA) is 147 Å². The summed E-state index contributed by atoms with van der Waals surface area (Å²) < 4.78 is 69.0. The van der Waals surface area contributed by atoms with Crippen molar-refractivity contribution in [3.8, 4) is 0 Å². The summed E-state index contributed by atoms with van der Waals surface area (Å²) in [5, 5.41) is 11.3. The average Bonchev–Trinajstić information content (AvgIpc) is 2.41. The third-order valence-corrected chi connectivity index (χ3v) is 5.17. The van der Waals surface area contributed by atoms with Crippen molar-refractivity contribution in [1.82, 2.24) is 0 Å². The Morgan fingerprint density at radius 2 is 1.43 bits per heavy atom. The molecular formula is C11H10O9S3. The summed E-state index contributed by atoms with van der Waals surface area (Å²) in [7, 11) is -9.36. The lowest BCUT2D eigenvalue weighted by atomic mass is 10.1. The first-order valence-electron chi connectivity index (χ1n) is 5.72. The van der Waals surface area contributed by atoms with Gasteiger partial charge in [-0.05, 0) is 36.8 Å². The molecule has 0 saturated carbocycles. The fraction of sp³-hybridized carbons (Fsp3) is 0.0909. The molecule has 9 nitrogen and oxygen atoms in total. The molecule has 2 rings (SSSR count). The van der Waals surface area contributed by atoms with Gasteiger partial charge >= 0.3 is 0 Å². The predicted molar refractivity (Wildman–Crippen MR) is 79.0 cm³/mol. The molecule has 0 aliphatic heterocycles. The van der Waals surface area contributed by atoms with Crippen LogP contribution >= 0.6 is 12.0 Å². The molecule has 126 valence electrons. The van der Waals surface area contributed by atoms with Crippen LogP contribution in [0.25, 0.3) is 10.8 Å². The zero-order valence-corrected chi connectivity index (χ0v) is 13.8. The summed E-state index contributed by atoms with van der Waals surface area (Å²) in [6.07, 6.45) is 0. The van der Waals surface area contributed by atoms with Crippen LogP contribution in [0, 0.1) is 6.92 Å². The molecule has 23 heavy (non-hydrogen) atoms. The second kappa shape index (κ2) is 6.33. The van der Waals surface area contributed by atoms with Crippen molar-refractivity contribution in [2.45, 2.75) is 21.6 Å². The van der Waals surface area contributed by atoms with Crippen LogP contribution in [0.3, 0.4) is 0 Å². The van der Waals surface area contributed by atoms with Crippen molar-refractivity contribution in [2.75, 3.05) is 0 Å². The molecule has 0 amide bonds. The molecule has 0 unspecified atom stereocenters. The standard InChI is InChI=1S/C11H10O9S3/c1-6-2-8-9(10(3-6)22(13,14)15)4-7(21-20-19-12)5-11(8)23(16,17)18/h2-5,12H,1H3,(H,13,14,15)(H,16,17,18). The van der Waals surface area contributed by atoms with E-state index in [0.717, 1.165) is 12.1 Å². The monoisotopic (exact) mass is 382 g/mol. The first-order valence-corrected chi connectivity index (χ1v) is 9.34. The van der Waals surface area contributed by atoms with Gasteiger partial charge in [-0.25, -0.2) is 5.26 Å². The Kier molecular flexibility index (Phi) is 4.98. The predicted octanol–water partition coefficient (Wildman–Crippen LogP) is 2.07. The summed E-state index contributed by atoms with van der Waals surface area (Å²) >= 11 is 0.365. The molecule has 0 aliphatic carbocycles. The average molecular weight is 382 g/mol. The van der Waals surface area contributed by atoms with E-state index in [2.05, 4.69) is 9.37 Å². The van der Waals surface area contributed by atoms with Crippen molar-refractivity contribution in [3.63, 3.8) is 0 Å². The fourth-order valence-corrected chi connectivity index (χ4v) is 4.06. The second-order valence-corrected chi connectivity index (χ2v) is 8.01. The van der Waals surface area contributed by atoms with Crippen molar-refractivity contribution in [2.24, 2.45) is 0 Å². The minimum atomic E-state index is -4.70. The quantitative estimate of drug-likeness (QED) is 0.304. The van der Waals surface area contributed by atoms with Gasteiger partial charge in [0.05, 0.1) is 12.0 Å². The zero-order valence-electron chi connectivity index (χ0n) is 11.3. The Bertz CT molecular complexity index is 964. The minimum Gasteiger partial charge on any atom is -0.282 e. The van der Waals surface area contributed by atoms with Crippen LogP contribution in [-0.2, 0) is 29.6 Å². The molecule has 2 aromatic carbocycles. The third-order valence-electron chi connectivity index (χ3n) is 2.83. The molecule has 0 aliphatic rings. The largest absolute Gasteiger partial charge is 0.295 e. The molecule has 3 N–H and O–H groups in total. The molecule has 0 radical (unpaired) electrons. The molecule has 0 heterocycles. The van der Waals surface area contributed by atoms with E-state index < -0.39 is 30.0 Å². The smallest absolute Gasteiger partial charge is 0.282 e. The van der Waals surface area contributed by atoms with Crippen molar-refractivity contribution >= 4 is 43.1 Å². The Hall–Kier alpha value is -1.25. The first-order chi connectivity index (χ1) is 10.5. The number of rotatable bonds is 5. The molecular weight excluding hydrogens is 372 g/mol. The molecule has 0 fully saturated rings. The highest BCUT2D eigenvalue weighted by Crippen LogP contribution is 2.34. The molecule has 0 saturated heterocycles. The lowest BCUT2D eigenvalue weighted by molar-refractivity contribution is -0.432. The SMILES string of the molecule is Cc1cc(S(=O)(=O)O)c2cc(SOOO)cc(S(=O)(=O)O)c2c1. The van der Waals surface area contributed by atoms with Crippen LogP contribution in [0.5, 0.6) is 0 Å². The summed E-state index contributed by atoms with van der Waals surface area (Å²) in [6, 6.07) is 4.67. The van der Waals surface area contributed by atoms with E-state index in [1.54, 1.807) is 0 Å². The maximum absolute atomic E-state index is 11.6. The lowest BCUT2D eigenvalue weighted by Gasteiger charge is -2.11. The number of aryl methyl sites for hydroxylation is 1. The summed E-state index contributed by atoms with van der Waals surface area (Å²) in [5.41, 5.74) is 0.352. The Morgan fingerprint density at radius 1 is 0.913 bits per heavy atom. The van der Waals surface area contributed by atoms with E-state index in [4.69, 9.17) is 5.26 Å². The Balaban J connectivity index is 2.96. The maximum Gasteiger partial charge on any atom is 0.295 e. The lowest BCUT2D eigenvalue weighted by Crippen LogP contribution is -2.04. The van der Waals surface area contributed by atoms with Crippen LogP contribution in [0.1, 0.15) is 5.56 Å². The van der Waals surface area contributed by atoms with Crippen LogP contribution in [0.4, 0.5) is 0 Å². The van der Waals surface area contributed by atoms with Gasteiger partial charge in [0.2, 0.25) is 0 Å². The van der Waals surface area contributed by atoms with Gasteiger partial charge in [0.1, 0.15) is 9.79 Å². The number of hydrogen-bond donors (Lipinski definition) is 3. The Morgan fingerprint density at radius 3 is 1.96 bits per heavy atom. The molecule has 0 spiro atoms. The highest BCUT2D eigenvalue weighted by Gasteiger charge is 2.22. The van der Waals surface area contributed by atoms with Gasteiger partial charge in [-0.3, -0.25) is 9.11 Å². The van der Waals surface area contributed by atoms with Crippen molar-refractivity contribution in [1.29, 1.82) is 0 Å². The van der Waals surface area contributed by atoms with E-state index in [1.807, 2.05) is 0 Å². The third kappa shape index (κ3) is 3.99. The van der Waals surface area contributed by atoms with Gasteiger partial charge < -0.3 is 0 Å². The normalized spacial score (nSPS) is 12.7. The van der Waals surface area contributed by atoms with E-state index in [9.17, 15) is 25.9 Å². The van der Waals surface area contributed by atoms with Gasteiger partial charge in [0, 0.05) is 15.7 Å². The highest BCUT2D eigenvalue weighted by molar-refractivity contribution is 7.94. The highest BCUT2D eigenvalue weighted by atomic mass is 32.2. The minimum absolute atomic E-state index is 0.00655. The van der Waals surface area contributed by atoms with E-state index in [0.29, 0.717) is 17.6 Å². The fourth-order valence-electron chi connectivity index (χ4n) is 2.04.